The SMILES string of the molecule is CCOC(=O)N(c1ccc(CN2N=C(c3ccc(OC)c(OC4CCCC4)c3)CSC2=O)cc1)N1CCSCC1. The topological polar surface area (TPSA) is 83.9 Å². The monoisotopic (exact) mass is 584 g/mol. The molecule has 0 unspecified atom stereocenters. The highest BCUT2D eigenvalue weighted by Crippen LogP contribution is 2.34. The fourth-order valence-corrected chi connectivity index (χ4v) is 6.66. The number of thioether (sulfide) groups is 2. The van der Waals surface area contributed by atoms with Crippen LogP contribution in [0.1, 0.15) is 43.7 Å². The molecule has 2 aromatic rings. The summed E-state index contributed by atoms with van der Waals surface area (Å²) in [6, 6.07) is 13.5. The molecule has 0 bridgehead atoms. The first-order valence-corrected chi connectivity index (χ1v) is 15.9. The molecule has 1 saturated heterocycles. The first kappa shape index (κ1) is 28.6. The molecule has 1 saturated carbocycles. The number of hydrogen-bond acceptors (Lipinski definition) is 9. The number of amides is 2. The van der Waals surface area contributed by atoms with Crippen LogP contribution in [0.5, 0.6) is 11.5 Å². The highest BCUT2D eigenvalue weighted by Gasteiger charge is 2.27. The molecular weight excluding hydrogens is 548 g/mol. The lowest BCUT2D eigenvalue weighted by Crippen LogP contribution is -2.50. The Morgan fingerprint density at radius 3 is 2.52 bits per heavy atom. The second-order valence-corrected chi connectivity index (χ2v) is 11.9. The van der Waals surface area contributed by atoms with Crippen LogP contribution in [-0.4, -0.2) is 77.2 Å². The van der Waals surface area contributed by atoms with Crippen molar-refractivity contribution in [1.82, 2.24) is 10.0 Å². The Balaban J connectivity index is 1.32. The van der Waals surface area contributed by atoms with E-state index >= 15 is 0 Å². The van der Waals surface area contributed by atoms with Gasteiger partial charge in [-0.25, -0.2) is 19.8 Å². The van der Waals surface area contributed by atoms with Gasteiger partial charge in [0, 0.05) is 35.9 Å². The minimum absolute atomic E-state index is 0.0947. The number of hydrazine groups is 1. The molecule has 0 N–H and O–H groups in total. The molecular formula is C29H36N4O5S2. The van der Waals surface area contributed by atoms with E-state index < -0.39 is 0 Å². The van der Waals surface area contributed by atoms with Crippen LogP contribution < -0.4 is 14.5 Å². The Hall–Kier alpha value is -2.89. The van der Waals surface area contributed by atoms with Gasteiger partial charge in [-0.2, -0.15) is 16.9 Å². The fourth-order valence-electron chi connectivity index (χ4n) is 5.03. The summed E-state index contributed by atoms with van der Waals surface area (Å²) in [5.41, 5.74) is 3.39. The van der Waals surface area contributed by atoms with Gasteiger partial charge < -0.3 is 14.2 Å². The standard InChI is InChI=1S/C29H36N4O5S2/c1-3-37-28(34)33(31-14-16-39-17-15-31)23-11-8-21(9-12-23)19-32-29(35)40-20-25(30-32)22-10-13-26(36-2)27(18-22)38-24-6-4-5-7-24/h8-13,18,24H,3-7,14-17,19-20H2,1-2H3. The zero-order valence-electron chi connectivity index (χ0n) is 23.0. The molecule has 2 aliphatic heterocycles. The van der Waals surface area contributed by atoms with Crippen LogP contribution in [0.15, 0.2) is 47.6 Å². The molecule has 0 aromatic heterocycles. The summed E-state index contributed by atoms with van der Waals surface area (Å²) in [5, 5.41) is 9.80. The number of methoxy groups -OCH3 is 1. The van der Waals surface area contributed by atoms with Crippen molar-refractivity contribution in [3.63, 3.8) is 0 Å². The molecule has 40 heavy (non-hydrogen) atoms. The molecule has 5 rings (SSSR count). The maximum atomic E-state index is 12.8. The van der Waals surface area contributed by atoms with Crippen LogP contribution in [0.3, 0.4) is 0 Å². The van der Waals surface area contributed by atoms with E-state index in [9.17, 15) is 9.59 Å². The zero-order valence-corrected chi connectivity index (χ0v) is 24.7. The number of carbonyl (C=O) groups excluding carboxylic acids is 2. The summed E-state index contributed by atoms with van der Waals surface area (Å²) in [5.74, 6) is 3.84. The van der Waals surface area contributed by atoms with Gasteiger partial charge in [0.15, 0.2) is 11.5 Å². The maximum Gasteiger partial charge on any atom is 0.429 e. The summed E-state index contributed by atoms with van der Waals surface area (Å²) in [7, 11) is 1.65. The normalized spacial score (nSPS) is 18.4. The van der Waals surface area contributed by atoms with Gasteiger partial charge >= 0.3 is 11.3 Å². The molecule has 2 amide bonds. The van der Waals surface area contributed by atoms with E-state index in [0.717, 1.165) is 65.7 Å². The van der Waals surface area contributed by atoms with Crippen molar-refractivity contribution in [2.75, 3.05) is 49.1 Å². The van der Waals surface area contributed by atoms with Crippen molar-refractivity contribution in [3.8, 4) is 11.5 Å². The summed E-state index contributed by atoms with van der Waals surface area (Å²) in [6.45, 7) is 4.01. The van der Waals surface area contributed by atoms with Crippen molar-refractivity contribution in [2.24, 2.45) is 5.10 Å². The second-order valence-electron chi connectivity index (χ2n) is 9.79. The lowest BCUT2D eigenvalue weighted by molar-refractivity contribution is 0.136. The molecule has 214 valence electrons. The predicted octanol–water partition coefficient (Wildman–Crippen LogP) is 6.02. The smallest absolute Gasteiger partial charge is 0.429 e. The van der Waals surface area contributed by atoms with E-state index in [1.807, 2.05) is 66.2 Å². The average molecular weight is 585 g/mol. The van der Waals surface area contributed by atoms with Gasteiger partial charge in [0.05, 0.1) is 37.8 Å². The summed E-state index contributed by atoms with van der Waals surface area (Å²) < 4.78 is 17.1. The average Bonchev–Trinajstić information content (AvgIpc) is 3.49. The largest absolute Gasteiger partial charge is 0.493 e. The molecule has 9 nitrogen and oxygen atoms in total. The third-order valence-electron chi connectivity index (χ3n) is 7.10. The first-order valence-electron chi connectivity index (χ1n) is 13.8. The maximum absolute atomic E-state index is 12.8. The minimum Gasteiger partial charge on any atom is -0.493 e. The van der Waals surface area contributed by atoms with Gasteiger partial charge in [0.25, 0.3) is 0 Å². The number of benzene rings is 2. The first-order chi connectivity index (χ1) is 19.6. The lowest BCUT2D eigenvalue weighted by atomic mass is 10.1. The molecule has 11 heteroatoms. The molecule has 2 fully saturated rings. The predicted molar refractivity (Wildman–Crippen MR) is 161 cm³/mol. The number of anilines is 1. The molecule has 2 heterocycles. The molecule has 3 aliphatic rings. The van der Waals surface area contributed by atoms with Crippen LogP contribution in [0, 0.1) is 0 Å². The highest BCUT2D eigenvalue weighted by molar-refractivity contribution is 8.14. The summed E-state index contributed by atoms with van der Waals surface area (Å²) in [6.07, 6.45) is 4.31. The van der Waals surface area contributed by atoms with Crippen molar-refractivity contribution in [1.29, 1.82) is 0 Å². The minimum atomic E-state index is -0.380. The zero-order chi connectivity index (χ0) is 27.9. The van der Waals surface area contributed by atoms with Crippen molar-refractivity contribution >= 4 is 46.3 Å². The highest BCUT2D eigenvalue weighted by atomic mass is 32.2. The number of nitrogens with zero attached hydrogens (tertiary/aromatic N) is 4. The van der Waals surface area contributed by atoms with Crippen LogP contribution in [-0.2, 0) is 11.3 Å². The quantitative estimate of drug-likeness (QED) is 0.354. The summed E-state index contributed by atoms with van der Waals surface area (Å²) in [4.78, 5) is 25.6. The molecule has 0 atom stereocenters. The van der Waals surface area contributed by atoms with Crippen molar-refractivity contribution in [2.45, 2.75) is 45.3 Å². The lowest BCUT2D eigenvalue weighted by Gasteiger charge is -2.36. The Labute approximate surface area is 244 Å². The van der Waals surface area contributed by atoms with Crippen molar-refractivity contribution in [3.05, 3.63) is 53.6 Å². The molecule has 1 aliphatic carbocycles. The third-order valence-corrected chi connectivity index (χ3v) is 8.92. The number of hydrazone groups is 1. The van der Waals surface area contributed by atoms with E-state index in [1.165, 1.54) is 29.6 Å². The van der Waals surface area contributed by atoms with Gasteiger partial charge in [-0.1, -0.05) is 23.9 Å². The van der Waals surface area contributed by atoms with Crippen LogP contribution in [0.4, 0.5) is 15.3 Å². The van der Waals surface area contributed by atoms with Crippen LogP contribution in [0.2, 0.25) is 0 Å². The molecule has 0 radical (unpaired) electrons. The van der Waals surface area contributed by atoms with Gasteiger partial charge in [0.1, 0.15) is 0 Å². The Bertz CT molecular complexity index is 1210. The second kappa shape index (κ2) is 13.6. The van der Waals surface area contributed by atoms with Crippen LogP contribution >= 0.6 is 23.5 Å². The number of hydrogen-bond donors (Lipinski definition) is 0. The Kier molecular flexibility index (Phi) is 9.77. The van der Waals surface area contributed by atoms with E-state index in [0.29, 0.717) is 24.7 Å². The molecule has 0 spiro atoms. The van der Waals surface area contributed by atoms with Gasteiger partial charge in [-0.15, -0.1) is 0 Å². The number of ether oxygens (including phenoxy) is 3. The Morgan fingerprint density at radius 2 is 1.82 bits per heavy atom. The van der Waals surface area contributed by atoms with Gasteiger partial charge in [-0.3, -0.25) is 4.79 Å². The Morgan fingerprint density at radius 1 is 1.07 bits per heavy atom. The van der Waals surface area contributed by atoms with E-state index in [4.69, 9.17) is 19.3 Å². The van der Waals surface area contributed by atoms with Gasteiger partial charge in [-0.05, 0) is 68.5 Å². The van der Waals surface area contributed by atoms with E-state index in [-0.39, 0.29) is 17.4 Å². The fraction of sp³-hybridized carbons (Fsp3) is 0.483. The van der Waals surface area contributed by atoms with Gasteiger partial charge in [0.2, 0.25) is 0 Å². The summed E-state index contributed by atoms with van der Waals surface area (Å²) >= 11 is 3.12. The van der Waals surface area contributed by atoms with Crippen LogP contribution in [0.25, 0.3) is 0 Å². The van der Waals surface area contributed by atoms with E-state index in [1.54, 1.807) is 12.1 Å². The third kappa shape index (κ3) is 6.87. The molecule has 2 aromatic carbocycles. The number of carbonyl (C=O) groups is 2. The number of rotatable bonds is 9. The van der Waals surface area contributed by atoms with Crippen molar-refractivity contribution < 1.29 is 23.8 Å². The van der Waals surface area contributed by atoms with E-state index in [2.05, 4.69) is 0 Å².